The van der Waals surface area contributed by atoms with Crippen LogP contribution in [0.15, 0.2) is 0 Å². The zero-order valence-electron chi connectivity index (χ0n) is 18.2. The van der Waals surface area contributed by atoms with Crippen LogP contribution in [0.5, 0.6) is 0 Å². The number of carboxylic acids is 1. The number of carbonyl (C=O) groups is 1. The Labute approximate surface area is 166 Å². The van der Waals surface area contributed by atoms with Gasteiger partial charge in [-0.05, 0) is 104 Å². The fourth-order valence-electron chi connectivity index (χ4n) is 9.20. The van der Waals surface area contributed by atoms with Crippen molar-refractivity contribution in [3.05, 3.63) is 0 Å². The summed E-state index contributed by atoms with van der Waals surface area (Å²) >= 11 is 0. The molecular weight excluding hydrogens is 332 g/mol. The van der Waals surface area contributed by atoms with Crippen LogP contribution in [-0.2, 0) is 4.79 Å². The van der Waals surface area contributed by atoms with Gasteiger partial charge in [0.1, 0.15) is 0 Å². The topological polar surface area (TPSA) is 37.3 Å². The van der Waals surface area contributed by atoms with Crippen molar-refractivity contribution in [2.45, 2.75) is 98.3 Å². The van der Waals surface area contributed by atoms with Crippen molar-refractivity contribution in [1.29, 1.82) is 0 Å². The number of hydrogen-bond acceptors (Lipinski definition) is 1. The molecule has 0 aromatic heterocycles. The Morgan fingerprint density at radius 2 is 1.78 bits per heavy atom. The van der Waals surface area contributed by atoms with Gasteiger partial charge in [0.25, 0.3) is 0 Å². The van der Waals surface area contributed by atoms with Crippen LogP contribution in [0.25, 0.3) is 0 Å². The highest BCUT2D eigenvalue weighted by molar-refractivity contribution is 5.66. The Balaban J connectivity index is 1.56. The zero-order valence-corrected chi connectivity index (χ0v) is 18.2. The van der Waals surface area contributed by atoms with E-state index in [1.807, 2.05) is 0 Å². The number of carboxylic acid groups (broad SMARTS) is 1. The highest BCUT2D eigenvalue weighted by atomic mass is 16.4. The smallest absolute Gasteiger partial charge is 0.303 e. The second-order valence-electron chi connectivity index (χ2n) is 11.6. The molecule has 0 bridgehead atoms. The largest absolute Gasteiger partial charge is 0.481 e. The molecule has 2 heteroatoms. The minimum Gasteiger partial charge on any atom is -0.481 e. The third-order valence-corrected chi connectivity index (χ3v) is 10.5. The van der Waals surface area contributed by atoms with E-state index in [2.05, 4.69) is 27.7 Å². The first-order chi connectivity index (χ1) is 12.8. The normalized spacial score (nSPS) is 50.4. The molecule has 1 N–H and O–H groups in total. The van der Waals surface area contributed by atoms with Crippen molar-refractivity contribution in [2.75, 3.05) is 0 Å². The lowest BCUT2D eigenvalue weighted by molar-refractivity contribution is -0.140. The monoisotopic (exact) mass is 374 g/mol. The highest BCUT2D eigenvalue weighted by Gasteiger charge is 2.61. The van der Waals surface area contributed by atoms with Gasteiger partial charge in [0.15, 0.2) is 0 Å². The van der Waals surface area contributed by atoms with E-state index in [1.165, 1.54) is 57.8 Å². The Kier molecular flexibility index (Phi) is 5.17. The Bertz CT molecular complexity index is 571. The van der Waals surface area contributed by atoms with Crippen molar-refractivity contribution >= 4 is 5.97 Å². The highest BCUT2D eigenvalue weighted by Crippen LogP contribution is 2.69. The van der Waals surface area contributed by atoms with Crippen LogP contribution in [0, 0.1) is 52.3 Å². The molecule has 0 saturated heterocycles. The molecule has 0 aliphatic heterocycles. The lowest BCUT2D eigenvalue weighted by Crippen LogP contribution is -2.55. The van der Waals surface area contributed by atoms with Crippen molar-refractivity contribution < 1.29 is 9.90 Å². The number of rotatable bonds is 4. The molecule has 0 spiro atoms. The lowest BCUT2D eigenvalue weighted by atomic mass is 9.42. The molecule has 154 valence electrons. The summed E-state index contributed by atoms with van der Waals surface area (Å²) in [6, 6.07) is 0. The molecule has 4 aliphatic rings. The van der Waals surface area contributed by atoms with Crippen molar-refractivity contribution in [3.63, 3.8) is 0 Å². The van der Waals surface area contributed by atoms with E-state index in [0.29, 0.717) is 23.2 Å². The quantitative estimate of drug-likeness (QED) is 0.588. The second kappa shape index (κ2) is 7.06. The molecule has 0 unspecified atom stereocenters. The SMILES string of the molecule is C[C@@H]1C[C@@H]2CCCC[C@]2(C)[C@H]2CC[C@]3(C)[C@@H]([C@H](C)CCC(=O)O)CC[C@H]3[C@H]12. The van der Waals surface area contributed by atoms with E-state index in [0.717, 1.165) is 41.9 Å². The van der Waals surface area contributed by atoms with Crippen molar-refractivity contribution in [1.82, 2.24) is 0 Å². The second-order valence-corrected chi connectivity index (χ2v) is 11.6. The van der Waals surface area contributed by atoms with Crippen LogP contribution >= 0.6 is 0 Å². The minimum absolute atomic E-state index is 0.348. The van der Waals surface area contributed by atoms with Gasteiger partial charge in [-0.15, -0.1) is 0 Å². The van der Waals surface area contributed by atoms with Gasteiger partial charge >= 0.3 is 5.97 Å². The predicted molar refractivity (Wildman–Crippen MR) is 110 cm³/mol. The van der Waals surface area contributed by atoms with Gasteiger partial charge < -0.3 is 5.11 Å². The van der Waals surface area contributed by atoms with E-state index in [9.17, 15) is 4.79 Å². The van der Waals surface area contributed by atoms with Crippen molar-refractivity contribution in [2.24, 2.45) is 52.3 Å². The molecule has 0 aromatic rings. The van der Waals surface area contributed by atoms with E-state index in [-0.39, 0.29) is 0 Å². The maximum atomic E-state index is 11.1. The van der Waals surface area contributed by atoms with E-state index in [1.54, 1.807) is 0 Å². The predicted octanol–water partition coefficient (Wildman–Crippen LogP) is 6.78. The standard InChI is InChI=1S/C25H42O2/c1-16(8-11-22(26)27)19-9-10-20-23-17(2)15-18-7-5-6-13-24(18,3)21(23)12-14-25(19,20)4/h16-21,23H,5-15H2,1-4H3,(H,26,27)/t16-,17-,18+,19-,20+,21+,23+,24+,25-/m1/s1. The van der Waals surface area contributed by atoms with Crippen LogP contribution in [0.4, 0.5) is 0 Å². The average molecular weight is 375 g/mol. The number of fused-ring (bicyclic) bond motifs is 5. The first-order valence-electron chi connectivity index (χ1n) is 12.0. The van der Waals surface area contributed by atoms with Crippen LogP contribution in [0.2, 0.25) is 0 Å². The van der Waals surface area contributed by atoms with Gasteiger partial charge in [0.05, 0.1) is 0 Å². The van der Waals surface area contributed by atoms with Crippen LogP contribution < -0.4 is 0 Å². The minimum atomic E-state index is -0.623. The Hall–Kier alpha value is -0.530. The Morgan fingerprint density at radius 3 is 2.52 bits per heavy atom. The molecule has 9 atom stereocenters. The lowest BCUT2D eigenvalue weighted by Gasteiger charge is -2.62. The zero-order chi connectivity index (χ0) is 19.4. The summed E-state index contributed by atoms with van der Waals surface area (Å²) in [6.07, 6.45) is 14.2. The Morgan fingerprint density at radius 1 is 1.04 bits per heavy atom. The molecule has 0 heterocycles. The summed E-state index contributed by atoms with van der Waals surface area (Å²) in [4.78, 5) is 11.1. The maximum absolute atomic E-state index is 11.1. The van der Waals surface area contributed by atoms with Gasteiger partial charge in [0.2, 0.25) is 0 Å². The third kappa shape index (κ3) is 3.08. The molecule has 0 amide bonds. The van der Waals surface area contributed by atoms with Gasteiger partial charge in [-0.3, -0.25) is 4.79 Å². The molecule has 0 radical (unpaired) electrons. The molecule has 0 aromatic carbocycles. The average Bonchev–Trinajstić information content (AvgIpc) is 2.97. The fraction of sp³-hybridized carbons (Fsp3) is 0.960. The summed E-state index contributed by atoms with van der Waals surface area (Å²) in [5, 5.41) is 9.13. The summed E-state index contributed by atoms with van der Waals surface area (Å²) in [5.74, 6) is 5.34. The summed E-state index contributed by atoms with van der Waals surface area (Å²) < 4.78 is 0. The number of hydrogen-bond donors (Lipinski definition) is 1. The summed E-state index contributed by atoms with van der Waals surface area (Å²) in [6.45, 7) is 10.2. The maximum Gasteiger partial charge on any atom is 0.303 e. The van der Waals surface area contributed by atoms with Gasteiger partial charge in [-0.25, -0.2) is 0 Å². The van der Waals surface area contributed by atoms with E-state index >= 15 is 0 Å². The molecule has 2 nitrogen and oxygen atoms in total. The van der Waals surface area contributed by atoms with Gasteiger partial charge in [-0.1, -0.05) is 40.5 Å². The summed E-state index contributed by atoms with van der Waals surface area (Å²) in [7, 11) is 0. The first-order valence-corrected chi connectivity index (χ1v) is 12.0. The summed E-state index contributed by atoms with van der Waals surface area (Å²) in [5.41, 5.74) is 1.08. The molecule has 4 fully saturated rings. The van der Waals surface area contributed by atoms with Crippen LogP contribution in [0.3, 0.4) is 0 Å². The van der Waals surface area contributed by atoms with Crippen LogP contribution in [0.1, 0.15) is 98.3 Å². The van der Waals surface area contributed by atoms with E-state index < -0.39 is 5.97 Å². The first kappa shape index (κ1) is 19.8. The van der Waals surface area contributed by atoms with Crippen LogP contribution in [-0.4, -0.2) is 11.1 Å². The van der Waals surface area contributed by atoms with Crippen molar-refractivity contribution in [3.8, 4) is 0 Å². The third-order valence-electron chi connectivity index (χ3n) is 10.5. The molecule has 4 aliphatic carbocycles. The van der Waals surface area contributed by atoms with Gasteiger partial charge in [0, 0.05) is 6.42 Å². The molecule has 4 saturated carbocycles. The fourth-order valence-corrected chi connectivity index (χ4v) is 9.20. The molecular formula is C25H42O2. The molecule has 27 heavy (non-hydrogen) atoms. The number of aliphatic carboxylic acids is 1. The molecule has 4 rings (SSSR count). The van der Waals surface area contributed by atoms with Gasteiger partial charge in [-0.2, -0.15) is 0 Å². The van der Waals surface area contributed by atoms with E-state index in [4.69, 9.17) is 5.11 Å².